The first kappa shape index (κ1) is 49.5. The quantitative estimate of drug-likeness (QED) is 0.0714. The molecule has 376 valence electrons. The molecule has 0 saturated heterocycles. The predicted octanol–water partition coefficient (Wildman–Crippen LogP) is 18.8. The number of hydrogen-bond acceptors (Lipinski definition) is 4. The fourth-order valence-corrected chi connectivity index (χ4v) is 10.9. The van der Waals surface area contributed by atoms with Crippen molar-refractivity contribution in [3.8, 4) is 22.3 Å². The molecule has 0 atom stereocenters. The Balaban J connectivity index is 1.02. The zero-order chi connectivity index (χ0) is 53.4. The minimum atomic E-state index is -0.847. The van der Waals surface area contributed by atoms with Crippen LogP contribution in [0.2, 0.25) is 0 Å². The van der Waals surface area contributed by atoms with Gasteiger partial charge in [0.15, 0.2) is 11.6 Å². The van der Waals surface area contributed by atoms with Gasteiger partial charge < -0.3 is 9.80 Å². The molecule has 0 aromatic heterocycles. The number of anilines is 6. The van der Waals surface area contributed by atoms with Gasteiger partial charge in [-0.1, -0.05) is 255 Å². The third kappa shape index (κ3) is 10.1. The van der Waals surface area contributed by atoms with Crippen LogP contribution in [0, 0.1) is 0 Å². The largest absolute Gasteiger partial charge is 0.311 e. The van der Waals surface area contributed by atoms with E-state index in [2.05, 4.69) is 228 Å². The normalized spacial score (nSPS) is 11.1. The molecular weight excluding hydrogens is 961 g/mol. The maximum Gasteiger partial charge on any atom is 0.193 e. The second-order valence-corrected chi connectivity index (χ2v) is 19.6. The van der Waals surface area contributed by atoms with Crippen LogP contribution in [0.4, 0.5) is 34.1 Å². The monoisotopic (exact) mass is 1010 g/mol. The molecule has 0 heterocycles. The number of rotatable bonds is 16. The van der Waals surface area contributed by atoms with Crippen molar-refractivity contribution in [2.75, 3.05) is 9.80 Å². The summed E-state index contributed by atoms with van der Waals surface area (Å²) in [5.41, 5.74) is 16.5. The van der Waals surface area contributed by atoms with Crippen LogP contribution in [-0.2, 0) is 5.41 Å². The Bertz CT molecular complexity index is 3600. The van der Waals surface area contributed by atoms with E-state index in [9.17, 15) is 9.59 Å². The van der Waals surface area contributed by atoms with Crippen LogP contribution in [-0.4, -0.2) is 11.6 Å². The Morgan fingerprint density at radius 2 is 0.392 bits per heavy atom. The van der Waals surface area contributed by atoms with Gasteiger partial charge in [0.2, 0.25) is 0 Å². The van der Waals surface area contributed by atoms with Gasteiger partial charge in [-0.25, -0.2) is 0 Å². The number of hydrogen-bond donors (Lipinski definition) is 0. The molecule has 0 aliphatic rings. The molecule has 12 aromatic rings. The highest BCUT2D eigenvalue weighted by Crippen LogP contribution is 2.48. The van der Waals surface area contributed by atoms with E-state index >= 15 is 0 Å². The molecule has 0 aliphatic carbocycles. The Kier molecular flexibility index (Phi) is 14.0. The van der Waals surface area contributed by atoms with Crippen molar-refractivity contribution in [1.82, 2.24) is 0 Å². The van der Waals surface area contributed by atoms with Crippen molar-refractivity contribution in [2.24, 2.45) is 0 Å². The van der Waals surface area contributed by atoms with Crippen LogP contribution in [0.25, 0.3) is 22.3 Å². The smallest absolute Gasteiger partial charge is 0.193 e. The molecule has 0 amide bonds. The summed E-state index contributed by atoms with van der Waals surface area (Å²) in [6, 6.07) is 113. The van der Waals surface area contributed by atoms with Crippen molar-refractivity contribution < 1.29 is 9.59 Å². The topological polar surface area (TPSA) is 40.6 Å². The van der Waals surface area contributed by atoms with Gasteiger partial charge in [-0.05, 0) is 117 Å². The lowest BCUT2D eigenvalue weighted by Gasteiger charge is -2.38. The highest BCUT2D eigenvalue weighted by molar-refractivity contribution is 6.09. The lowest BCUT2D eigenvalue weighted by molar-refractivity contribution is 0.103. The van der Waals surface area contributed by atoms with Gasteiger partial charge in [0.05, 0.1) is 5.41 Å². The fraction of sp³-hybridized carbons (Fsp3) is 0.0133. The van der Waals surface area contributed by atoms with Crippen LogP contribution in [0.1, 0.15) is 54.1 Å². The molecule has 0 N–H and O–H groups in total. The predicted molar refractivity (Wildman–Crippen MR) is 325 cm³/mol. The minimum absolute atomic E-state index is 0.00294. The van der Waals surface area contributed by atoms with Crippen LogP contribution >= 0.6 is 0 Å². The van der Waals surface area contributed by atoms with E-state index in [0.717, 1.165) is 78.6 Å². The van der Waals surface area contributed by atoms with Gasteiger partial charge in [0.1, 0.15) is 0 Å². The Morgan fingerprint density at radius 1 is 0.203 bits per heavy atom. The molecule has 12 rings (SSSR count). The Labute approximate surface area is 462 Å². The van der Waals surface area contributed by atoms with Crippen LogP contribution in [0.15, 0.2) is 328 Å². The second-order valence-electron chi connectivity index (χ2n) is 19.6. The summed E-state index contributed by atoms with van der Waals surface area (Å²) in [6.45, 7) is 0. The summed E-state index contributed by atoms with van der Waals surface area (Å²) < 4.78 is 0. The van der Waals surface area contributed by atoms with E-state index < -0.39 is 5.41 Å². The zero-order valence-electron chi connectivity index (χ0n) is 43.4. The summed E-state index contributed by atoms with van der Waals surface area (Å²) in [7, 11) is 0. The maximum absolute atomic E-state index is 13.4. The maximum atomic E-state index is 13.4. The lowest BCUT2D eigenvalue weighted by Crippen LogP contribution is -2.31. The van der Waals surface area contributed by atoms with Crippen LogP contribution in [0.3, 0.4) is 0 Å². The molecule has 0 radical (unpaired) electrons. The average Bonchev–Trinajstić information content (AvgIpc) is 3.63. The summed E-state index contributed by atoms with van der Waals surface area (Å²) in [6.07, 6.45) is 0. The van der Waals surface area contributed by atoms with Gasteiger partial charge in [0, 0.05) is 56.4 Å². The van der Waals surface area contributed by atoms with Crippen molar-refractivity contribution in [3.63, 3.8) is 0 Å². The van der Waals surface area contributed by atoms with Crippen molar-refractivity contribution in [2.45, 2.75) is 5.41 Å². The van der Waals surface area contributed by atoms with E-state index in [1.165, 1.54) is 0 Å². The van der Waals surface area contributed by atoms with Gasteiger partial charge in [-0.15, -0.1) is 0 Å². The number of para-hydroxylation sites is 4. The first-order chi connectivity index (χ1) is 39.0. The third-order valence-corrected chi connectivity index (χ3v) is 14.8. The standard InChI is InChI=1S/C75H54N2O2/c78-73(59-19-7-1-8-20-59)61-35-31-55(32-36-61)57-39-43-63(44-40-57)75(65-47-51-71(52-48-65)76(67-23-11-3-12-24-67)68-25-13-4-14-26-68,66-49-53-72(54-50-66)77(69-27-15-5-16-28-69)70-29-17-6-18-30-70)64-45-41-58(42-46-64)56-33-37-62(38-34-56)74(79)60-21-9-2-10-22-60/h1-54H. The summed E-state index contributed by atoms with van der Waals surface area (Å²) in [5.74, 6) is -0.00588. The van der Waals surface area contributed by atoms with Crippen LogP contribution in [0.5, 0.6) is 0 Å². The number of carbonyl (C=O) groups excluding carboxylic acids is 2. The molecular formula is C75H54N2O2. The first-order valence-electron chi connectivity index (χ1n) is 26.6. The van der Waals surface area contributed by atoms with Gasteiger partial charge in [-0.2, -0.15) is 0 Å². The highest BCUT2D eigenvalue weighted by Gasteiger charge is 2.39. The molecule has 0 spiro atoms. The second kappa shape index (κ2) is 22.4. The number of benzene rings is 12. The summed E-state index contributed by atoms with van der Waals surface area (Å²) >= 11 is 0. The lowest BCUT2D eigenvalue weighted by atomic mass is 9.65. The van der Waals surface area contributed by atoms with E-state index in [1.807, 2.05) is 109 Å². The van der Waals surface area contributed by atoms with Gasteiger partial charge in [0.25, 0.3) is 0 Å². The summed E-state index contributed by atoms with van der Waals surface area (Å²) in [5, 5.41) is 0. The van der Waals surface area contributed by atoms with E-state index in [1.54, 1.807) is 0 Å². The van der Waals surface area contributed by atoms with Gasteiger partial charge in [-0.3, -0.25) is 9.59 Å². The summed E-state index contributed by atoms with van der Waals surface area (Å²) in [4.78, 5) is 31.4. The number of carbonyl (C=O) groups is 2. The molecule has 0 unspecified atom stereocenters. The van der Waals surface area contributed by atoms with Crippen LogP contribution < -0.4 is 9.80 Å². The highest BCUT2D eigenvalue weighted by atomic mass is 16.1. The van der Waals surface area contributed by atoms with Gasteiger partial charge >= 0.3 is 0 Å². The third-order valence-electron chi connectivity index (χ3n) is 14.8. The SMILES string of the molecule is O=C(c1ccccc1)c1ccc(-c2ccc(C(c3ccc(-c4ccc(C(=O)c5ccccc5)cc4)cc3)(c3ccc(N(c4ccccc4)c4ccccc4)cc3)c3ccc(N(c4ccccc4)c4ccccc4)cc3)cc2)cc1. The molecule has 0 aliphatic heterocycles. The molecule has 0 bridgehead atoms. The average molecular weight is 1020 g/mol. The number of nitrogens with zero attached hydrogens (tertiary/aromatic N) is 2. The zero-order valence-corrected chi connectivity index (χ0v) is 43.4. The molecule has 0 saturated carbocycles. The molecule has 79 heavy (non-hydrogen) atoms. The number of ketones is 2. The van der Waals surface area contributed by atoms with E-state index in [0.29, 0.717) is 22.3 Å². The molecule has 0 fully saturated rings. The Hall–Kier alpha value is -10.4. The van der Waals surface area contributed by atoms with Crippen molar-refractivity contribution >= 4 is 45.7 Å². The molecule has 4 nitrogen and oxygen atoms in total. The molecule has 4 heteroatoms. The first-order valence-corrected chi connectivity index (χ1v) is 26.6. The minimum Gasteiger partial charge on any atom is -0.311 e. The fourth-order valence-electron chi connectivity index (χ4n) is 10.9. The van der Waals surface area contributed by atoms with Crippen molar-refractivity contribution in [3.05, 3.63) is 372 Å². The van der Waals surface area contributed by atoms with Crippen molar-refractivity contribution in [1.29, 1.82) is 0 Å². The Morgan fingerprint density at radius 3 is 0.646 bits per heavy atom. The molecule has 12 aromatic carbocycles. The van der Waals surface area contributed by atoms with E-state index in [-0.39, 0.29) is 11.6 Å². The van der Waals surface area contributed by atoms with E-state index in [4.69, 9.17) is 0 Å².